The van der Waals surface area contributed by atoms with Crippen LogP contribution in [0.15, 0.2) is 0 Å². The molecule has 0 spiro atoms. The van der Waals surface area contributed by atoms with Crippen molar-refractivity contribution in [3.63, 3.8) is 0 Å². The summed E-state index contributed by atoms with van der Waals surface area (Å²) in [7, 11) is 3.92. The molecule has 0 fully saturated rings. The Morgan fingerprint density at radius 2 is 1.79 bits per heavy atom. The van der Waals surface area contributed by atoms with Crippen LogP contribution in [0.25, 0.3) is 0 Å². The Morgan fingerprint density at radius 1 is 1.21 bits per heavy atom. The lowest BCUT2D eigenvalue weighted by atomic mass is 9.96. The van der Waals surface area contributed by atoms with Gasteiger partial charge in [-0.3, -0.25) is 0 Å². The zero-order valence-electron chi connectivity index (χ0n) is 10.1. The van der Waals surface area contributed by atoms with Crippen LogP contribution < -0.4 is 0 Å². The summed E-state index contributed by atoms with van der Waals surface area (Å²) in [6, 6.07) is 0. The van der Waals surface area contributed by atoms with Gasteiger partial charge in [-0.05, 0) is 12.8 Å². The molecule has 4 heteroatoms. The molecule has 0 radical (unpaired) electrons. The van der Waals surface area contributed by atoms with Crippen molar-refractivity contribution in [2.75, 3.05) is 14.2 Å². The quantitative estimate of drug-likeness (QED) is 0.458. The van der Waals surface area contributed by atoms with E-state index >= 15 is 0 Å². The van der Waals surface area contributed by atoms with Crippen LogP contribution in [-0.4, -0.2) is 30.7 Å². The number of hydrogen-bond acceptors (Lipinski definition) is 3. The molecule has 0 aliphatic carbocycles. The Bertz CT molecular complexity index is 129. The van der Waals surface area contributed by atoms with Crippen molar-refractivity contribution in [3.05, 3.63) is 0 Å². The minimum atomic E-state index is -0.795. The normalized spacial score (nSPS) is 14.6. The van der Waals surface area contributed by atoms with E-state index in [-0.39, 0.29) is 0 Å². The van der Waals surface area contributed by atoms with Crippen molar-refractivity contribution >= 4 is 10.5 Å². The monoisotopic (exact) mass is 220 g/mol. The minimum absolute atomic E-state index is 0.329. The number of rotatable bonds is 8. The summed E-state index contributed by atoms with van der Waals surface area (Å²) < 4.78 is 16.2. The van der Waals surface area contributed by atoms with Gasteiger partial charge in [0.15, 0.2) is 10.5 Å². The molecule has 0 rings (SSSR count). The summed E-state index contributed by atoms with van der Waals surface area (Å²) >= 11 is 0. The molecule has 0 aliphatic heterocycles. The number of unbranched alkanes of at least 4 members (excludes halogenated alkanes) is 1. The van der Waals surface area contributed by atoms with Crippen LogP contribution in [0.1, 0.15) is 39.5 Å². The Labute approximate surface area is 90.7 Å². The van der Waals surface area contributed by atoms with Crippen LogP contribution in [0, 0.1) is 5.92 Å². The van der Waals surface area contributed by atoms with Crippen molar-refractivity contribution < 1.29 is 13.9 Å². The number of methoxy groups -OCH3 is 2. The lowest BCUT2D eigenvalue weighted by Gasteiger charge is -2.36. The first-order valence-electron chi connectivity index (χ1n) is 5.36. The summed E-state index contributed by atoms with van der Waals surface area (Å²) in [6.45, 7) is 4.34. The average molecular weight is 220 g/mol. The van der Waals surface area contributed by atoms with E-state index < -0.39 is 5.97 Å². The summed E-state index contributed by atoms with van der Waals surface area (Å²) in [5.41, 5.74) is 0. The fourth-order valence-electron chi connectivity index (χ4n) is 1.83. The van der Waals surface area contributed by atoms with Gasteiger partial charge in [0.25, 0.3) is 5.97 Å². The predicted molar refractivity (Wildman–Crippen MR) is 61.1 cm³/mol. The van der Waals surface area contributed by atoms with Gasteiger partial charge in [-0.25, -0.2) is 0 Å². The van der Waals surface area contributed by atoms with Crippen LogP contribution in [-0.2, 0) is 13.9 Å². The molecule has 3 nitrogen and oxygen atoms in total. The third kappa shape index (κ3) is 3.35. The van der Waals surface area contributed by atoms with Gasteiger partial charge in [0.05, 0.1) is 0 Å². The van der Waals surface area contributed by atoms with Gasteiger partial charge in [0.2, 0.25) is 0 Å². The fourth-order valence-corrected chi connectivity index (χ4v) is 2.50. The van der Waals surface area contributed by atoms with E-state index in [0.29, 0.717) is 16.4 Å². The Morgan fingerprint density at radius 3 is 2.07 bits per heavy atom. The zero-order chi connectivity index (χ0) is 11.0. The number of ether oxygens (including phenoxy) is 2. The SMILES string of the molecule is CCCCC(CC)C(OC)(OC)O[SiH3]. The zero-order valence-corrected chi connectivity index (χ0v) is 12.1. The van der Waals surface area contributed by atoms with Crippen LogP contribution >= 0.6 is 0 Å². The largest absolute Gasteiger partial charge is 0.380 e. The topological polar surface area (TPSA) is 27.7 Å². The van der Waals surface area contributed by atoms with E-state index in [1.54, 1.807) is 14.2 Å². The molecule has 0 aliphatic rings. The second-order valence-electron chi connectivity index (χ2n) is 3.46. The van der Waals surface area contributed by atoms with Crippen LogP contribution in [0.3, 0.4) is 0 Å². The van der Waals surface area contributed by atoms with Crippen LogP contribution in [0.4, 0.5) is 0 Å². The van der Waals surface area contributed by atoms with Crippen molar-refractivity contribution in [3.8, 4) is 0 Å². The molecular formula is C10H24O3Si. The molecule has 0 amide bonds. The van der Waals surface area contributed by atoms with Gasteiger partial charge in [-0.2, -0.15) is 0 Å². The van der Waals surface area contributed by atoms with E-state index in [2.05, 4.69) is 13.8 Å². The summed E-state index contributed by atoms with van der Waals surface area (Å²) in [4.78, 5) is 0. The van der Waals surface area contributed by atoms with Crippen molar-refractivity contribution in [1.82, 2.24) is 0 Å². The molecule has 14 heavy (non-hydrogen) atoms. The van der Waals surface area contributed by atoms with Gasteiger partial charge in [-0.1, -0.05) is 26.7 Å². The molecule has 0 saturated heterocycles. The minimum Gasteiger partial charge on any atom is -0.380 e. The smallest absolute Gasteiger partial charge is 0.275 e. The Hall–Kier alpha value is 0.0969. The Kier molecular flexibility index (Phi) is 7.45. The molecular weight excluding hydrogens is 196 g/mol. The summed E-state index contributed by atoms with van der Waals surface area (Å²) in [5, 5.41) is 0. The molecule has 0 N–H and O–H groups in total. The molecule has 1 unspecified atom stereocenters. The third-order valence-corrected chi connectivity index (χ3v) is 3.32. The molecule has 0 aromatic heterocycles. The maximum Gasteiger partial charge on any atom is 0.275 e. The highest BCUT2D eigenvalue weighted by Gasteiger charge is 2.37. The highest BCUT2D eigenvalue weighted by molar-refractivity contribution is 5.98. The third-order valence-electron chi connectivity index (χ3n) is 2.75. The standard InChI is InChI=1S/C10H24O3Si/c1-5-7-8-9(6-2)10(11-3,12-4)13-14/h9H,5-8H2,1-4,14H3. The number of hydrogen-bond donors (Lipinski definition) is 0. The van der Waals surface area contributed by atoms with E-state index in [9.17, 15) is 0 Å². The first-order chi connectivity index (χ1) is 6.70. The molecule has 0 aromatic rings. The highest BCUT2D eigenvalue weighted by Crippen LogP contribution is 2.30. The predicted octanol–water partition coefficient (Wildman–Crippen LogP) is 1.45. The molecule has 1 atom stereocenters. The second kappa shape index (κ2) is 7.40. The van der Waals surface area contributed by atoms with E-state index in [4.69, 9.17) is 13.9 Å². The van der Waals surface area contributed by atoms with Gasteiger partial charge < -0.3 is 13.9 Å². The van der Waals surface area contributed by atoms with E-state index in [1.165, 1.54) is 12.8 Å². The van der Waals surface area contributed by atoms with Crippen molar-refractivity contribution in [1.29, 1.82) is 0 Å². The molecule has 0 bridgehead atoms. The Balaban J connectivity index is 4.40. The van der Waals surface area contributed by atoms with Crippen LogP contribution in [0.2, 0.25) is 0 Å². The maximum atomic E-state index is 5.48. The highest BCUT2D eigenvalue weighted by atomic mass is 28.2. The molecule has 86 valence electrons. The van der Waals surface area contributed by atoms with E-state index in [0.717, 1.165) is 12.8 Å². The van der Waals surface area contributed by atoms with Crippen LogP contribution in [0.5, 0.6) is 0 Å². The van der Waals surface area contributed by atoms with Crippen molar-refractivity contribution in [2.45, 2.75) is 45.5 Å². The summed E-state index contributed by atoms with van der Waals surface area (Å²) in [6.07, 6.45) is 4.50. The second-order valence-corrected chi connectivity index (χ2v) is 3.87. The summed E-state index contributed by atoms with van der Waals surface area (Å²) in [5.74, 6) is -0.467. The van der Waals surface area contributed by atoms with Crippen molar-refractivity contribution in [2.24, 2.45) is 5.92 Å². The van der Waals surface area contributed by atoms with Gasteiger partial charge in [0.1, 0.15) is 0 Å². The lowest BCUT2D eigenvalue weighted by Crippen LogP contribution is -2.44. The van der Waals surface area contributed by atoms with E-state index in [1.807, 2.05) is 0 Å². The maximum absolute atomic E-state index is 5.48. The first-order valence-corrected chi connectivity index (χ1v) is 6.17. The average Bonchev–Trinajstić information content (AvgIpc) is 2.25. The molecule has 0 saturated carbocycles. The molecule has 0 heterocycles. The fraction of sp³-hybridized carbons (Fsp3) is 1.00. The van der Waals surface area contributed by atoms with Gasteiger partial charge >= 0.3 is 0 Å². The molecule has 0 aromatic carbocycles. The lowest BCUT2D eigenvalue weighted by molar-refractivity contribution is -0.351. The van der Waals surface area contributed by atoms with Gasteiger partial charge in [-0.15, -0.1) is 0 Å². The first kappa shape index (κ1) is 14.1. The van der Waals surface area contributed by atoms with Gasteiger partial charge in [0, 0.05) is 20.1 Å².